The van der Waals surface area contributed by atoms with Gasteiger partial charge in [-0.2, -0.15) is 0 Å². The number of fused-ring (bicyclic) bond motifs is 1. The monoisotopic (exact) mass is 362 g/mol. The quantitative estimate of drug-likeness (QED) is 0.768. The van der Waals surface area contributed by atoms with Crippen molar-refractivity contribution in [3.8, 4) is 0 Å². The summed E-state index contributed by atoms with van der Waals surface area (Å²) < 4.78 is 0. The van der Waals surface area contributed by atoms with Gasteiger partial charge < -0.3 is 10.2 Å². The van der Waals surface area contributed by atoms with Gasteiger partial charge in [0.1, 0.15) is 11.6 Å². The van der Waals surface area contributed by atoms with Crippen LogP contribution in [0.2, 0.25) is 0 Å². The molecule has 1 N–H and O–H groups in total. The van der Waals surface area contributed by atoms with Crippen molar-refractivity contribution in [3.05, 3.63) is 53.7 Å². The number of anilines is 1. The highest BCUT2D eigenvalue weighted by Crippen LogP contribution is 2.18. The SMILES string of the molecule is Cc1cc(N2CCCCC2)nc(CNC(=O)c2ccc3nccnc3c2)n1. The number of aromatic nitrogens is 4. The fourth-order valence-electron chi connectivity index (χ4n) is 3.34. The van der Waals surface area contributed by atoms with E-state index in [0.717, 1.165) is 30.1 Å². The van der Waals surface area contributed by atoms with Gasteiger partial charge >= 0.3 is 0 Å². The van der Waals surface area contributed by atoms with Crippen LogP contribution in [0.4, 0.5) is 5.82 Å². The number of benzene rings is 1. The van der Waals surface area contributed by atoms with Crippen LogP contribution >= 0.6 is 0 Å². The summed E-state index contributed by atoms with van der Waals surface area (Å²) >= 11 is 0. The summed E-state index contributed by atoms with van der Waals surface area (Å²) in [6.07, 6.45) is 6.92. The number of aryl methyl sites for hydroxylation is 1. The first kappa shape index (κ1) is 17.3. The zero-order valence-electron chi connectivity index (χ0n) is 15.4. The Hall–Kier alpha value is -3.09. The number of hydrogen-bond acceptors (Lipinski definition) is 6. The van der Waals surface area contributed by atoms with Crippen molar-refractivity contribution >= 4 is 22.8 Å². The lowest BCUT2D eigenvalue weighted by Crippen LogP contribution is -2.31. The van der Waals surface area contributed by atoms with Crippen LogP contribution < -0.4 is 10.2 Å². The van der Waals surface area contributed by atoms with Crippen molar-refractivity contribution in [3.63, 3.8) is 0 Å². The molecule has 4 rings (SSSR count). The number of carbonyl (C=O) groups is 1. The second-order valence-corrected chi connectivity index (χ2v) is 6.77. The Morgan fingerprint density at radius 3 is 2.63 bits per heavy atom. The number of hydrogen-bond donors (Lipinski definition) is 1. The Kier molecular flexibility index (Phi) is 4.91. The van der Waals surface area contributed by atoms with Gasteiger partial charge in [-0.05, 0) is 44.4 Å². The maximum absolute atomic E-state index is 12.5. The molecule has 0 atom stereocenters. The fraction of sp³-hybridized carbons (Fsp3) is 0.350. The minimum Gasteiger partial charge on any atom is -0.357 e. The topological polar surface area (TPSA) is 83.9 Å². The third-order valence-corrected chi connectivity index (χ3v) is 4.71. The minimum atomic E-state index is -0.174. The number of piperidine rings is 1. The summed E-state index contributed by atoms with van der Waals surface area (Å²) in [5.41, 5.74) is 2.93. The van der Waals surface area contributed by atoms with Gasteiger partial charge in [-0.1, -0.05) is 0 Å². The van der Waals surface area contributed by atoms with Crippen LogP contribution in [-0.4, -0.2) is 38.9 Å². The van der Waals surface area contributed by atoms with E-state index in [-0.39, 0.29) is 5.91 Å². The average Bonchev–Trinajstić information content (AvgIpc) is 2.72. The molecule has 1 aliphatic rings. The maximum Gasteiger partial charge on any atom is 0.251 e. The number of carbonyl (C=O) groups excluding carboxylic acids is 1. The highest BCUT2D eigenvalue weighted by Gasteiger charge is 2.14. The lowest BCUT2D eigenvalue weighted by atomic mass is 10.1. The molecule has 2 aromatic heterocycles. The van der Waals surface area contributed by atoms with Gasteiger partial charge in [0.05, 0.1) is 17.6 Å². The molecule has 1 aliphatic heterocycles. The molecule has 1 fully saturated rings. The molecule has 1 aromatic carbocycles. The molecule has 0 aliphatic carbocycles. The van der Waals surface area contributed by atoms with Crippen molar-refractivity contribution in [2.75, 3.05) is 18.0 Å². The van der Waals surface area contributed by atoms with Crippen LogP contribution in [0.3, 0.4) is 0 Å². The summed E-state index contributed by atoms with van der Waals surface area (Å²) in [5.74, 6) is 1.41. The maximum atomic E-state index is 12.5. The smallest absolute Gasteiger partial charge is 0.251 e. The molecule has 1 saturated heterocycles. The van der Waals surface area contributed by atoms with Crippen LogP contribution in [0.15, 0.2) is 36.7 Å². The first-order chi connectivity index (χ1) is 13.2. The second kappa shape index (κ2) is 7.65. The van der Waals surface area contributed by atoms with Crippen LogP contribution in [0, 0.1) is 6.92 Å². The van der Waals surface area contributed by atoms with Crippen LogP contribution in [0.5, 0.6) is 0 Å². The van der Waals surface area contributed by atoms with E-state index in [9.17, 15) is 4.79 Å². The molecule has 27 heavy (non-hydrogen) atoms. The number of nitrogens with zero attached hydrogens (tertiary/aromatic N) is 5. The number of amides is 1. The van der Waals surface area contributed by atoms with E-state index in [2.05, 4.69) is 30.2 Å². The molecule has 0 saturated carbocycles. The molecule has 0 bridgehead atoms. The number of rotatable bonds is 4. The predicted molar refractivity (Wildman–Crippen MR) is 104 cm³/mol. The molecular formula is C20H22N6O. The Balaban J connectivity index is 1.47. The summed E-state index contributed by atoms with van der Waals surface area (Å²) in [7, 11) is 0. The Morgan fingerprint density at radius 2 is 1.81 bits per heavy atom. The van der Waals surface area contributed by atoms with Crippen LogP contribution in [0.1, 0.15) is 41.1 Å². The molecule has 138 valence electrons. The van der Waals surface area contributed by atoms with E-state index in [1.165, 1.54) is 19.3 Å². The van der Waals surface area contributed by atoms with Gasteiger partial charge in [0.2, 0.25) is 0 Å². The normalized spacial score (nSPS) is 14.3. The van der Waals surface area contributed by atoms with Crippen molar-refractivity contribution in [2.45, 2.75) is 32.7 Å². The third-order valence-electron chi connectivity index (χ3n) is 4.71. The molecule has 7 nitrogen and oxygen atoms in total. The first-order valence-electron chi connectivity index (χ1n) is 9.27. The third kappa shape index (κ3) is 4.02. The van der Waals surface area contributed by atoms with Crippen molar-refractivity contribution in [1.82, 2.24) is 25.3 Å². The van der Waals surface area contributed by atoms with Crippen molar-refractivity contribution in [1.29, 1.82) is 0 Å². The van der Waals surface area contributed by atoms with Crippen LogP contribution in [-0.2, 0) is 6.54 Å². The molecule has 0 spiro atoms. The second-order valence-electron chi connectivity index (χ2n) is 6.77. The largest absolute Gasteiger partial charge is 0.357 e. The minimum absolute atomic E-state index is 0.174. The molecule has 3 aromatic rings. The van der Waals surface area contributed by atoms with Crippen molar-refractivity contribution in [2.24, 2.45) is 0 Å². The Morgan fingerprint density at radius 1 is 1.04 bits per heavy atom. The van der Waals surface area contributed by atoms with E-state index in [0.29, 0.717) is 23.4 Å². The zero-order chi connectivity index (χ0) is 18.6. The highest BCUT2D eigenvalue weighted by atomic mass is 16.1. The Labute approximate surface area is 157 Å². The van der Waals surface area contributed by atoms with E-state index in [1.54, 1.807) is 30.6 Å². The summed E-state index contributed by atoms with van der Waals surface area (Å²) in [6.45, 7) is 4.31. The lowest BCUT2D eigenvalue weighted by Gasteiger charge is -2.28. The summed E-state index contributed by atoms with van der Waals surface area (Å²) in [6, 6.07) is 7.31. The van der Waals surface area contributed by atoms with E-state index in [1.807, 2.05) is 13.0 Å². The van der Waals surface area contributed by atoms with Crippen LogP contribution in [0.25, 0.3) is 11.0 Å². The van der Waals surface area contributed by atoms with Gasteiger partial charge in [-0.15, -0.1) is 0 Å². The molecular weight excluding hydrogens is 340 g/mol. The van der Waals surface area contributed by atoms with Crippen molar-refractivity contribution < 1.29 is 4.79 Å². The lowest BCUT2D eigenvalue weighted by molar-refractivity contribution is 0.0950. The molecule has 3 heterocycles. The molecule has 1 amide bonds. The standard InChI is InChI=1S/C20H22N6O/c1-14-11-19(26-9-3-2-4-10-26)25-18(24-14)13-23-20(27)15-5-6-16-17(12-15)22-8-7-21-16/h5-8,11-12H,2-4,9-10,13H2,1H3,(H,23,27). The summed E-state index contributed by atoms with van der Waals surface area (Å²) in [4.78, 5) is 32.4. The highest BCUT2D eigenvalue weighted by molar-refractivity contribution is 5.97. The number of nitrogens with one attached hydrogen (secondary N) is 1. The predicted octanol–water partition coefficient (Wildman–Crippen LogP) is 2.65. The molecule has 0 unspecified atom stereocenters. The van der Waals surface area contributed by atoms with E-state index >= 15 is 0 Å². The summed E-state index contributed by atoms with van der Waals surface area (Å²) in [5, 5.41) is 2.91. The van der Waals surface area contributed by atoms with E-state index < -0.39 is 0 Å². The Bertz CT molecular complexity index is 968. The molecule has 7 heteroatoms. The van der Waals surface area contributed by atoms with Gasteiger partial charge in [-0.3, -0.25) is 14.8 Å². The van der Waals surface area contributed by atoms with Gasteiger partial charge in [0.15, 0.2) is 0 Å². The van der Waals surface area contributed by atoms with Gasteiger partial charge in [0, 0.05) is 42.8 Å². The first-order valence-corrected chi connectivity index (χ1v) is 9.27. The van der Waals surface area contributed by atoms with Gasteiger partial charge in [-0.25, -0.2) is 9.97 Å². The average molecular weight is 362 g/mol. The zero-order valence-corrected chi connectivity index (χ0v) is 15.4. The fourth-order valence-corrected chi connectivity index (χ4v) is 3.34. The van der Waals surface area contributed by atoms with E-state index in [4.69, 9.17) is 0 Å². The van der Waals surface area contributed by atoms with Gasteiger partial charge in [0.25, 0.3) is 5.91 Å². The molecule has 0 radical (unpaired) electrons.